The van der Waals surface area contributed by atoms with Gasteiger partial charge in [-0.1, -0.05) is 24.3 Å². The summed E-state index contributed by atoms with van der Waals surface area (Å²) in [5.74, 6) is 0. The molecule has 0 saturated carbocycles. The summed E-state index contributed by atoms with van der Waals surface area (Å²) in [5.41, 5.74) is 3.95. The highest BCUT2D eigenvalue weighted by molar-refractivity contribution is 5.93. The molecule has 3 aromatic rings. The smallest absolute Gasteiger partial charge is 0.137 e. The maximum atomic E-state index is 9.87. The monoisotopic (exact) mass is 238 g/mol. The maximum absolute atomic E-state index is 9.87. The molecule has 0 unspecified atom stereocenters. The molecule has 1 atom stereocenters. The van der Waals surface area contributed by atoms with Crippen LogP contribution in [0, 0.1) is 0 Å². The van der Waals surface area contributed by atoms with Crippen LogP contribution in [0.4, 0.5) is 0 Å². The molecule has 0 aliphatic rings. The SMILES string of the molecule is C[C@H](O)c1ccccc1-c1ccnc2[nH]ccc12. The van der Waals surface area contributed by atoms with Gasteiger partial charge in [0.05, 0.1) is 6.10 Å². The number of aromatic amines is 1. The van der Waals surface area contributed by atoms with Gasteiger partial charge < -0.3 is 10.1 Å². The molecular formula is C15H14N2O. The number of hydrogen-bond donors (Lipinski definition) is 2. The van der Waals surface area contributed by atoms with Gasteiger partial charge >= 0.3 is 0 Å². The standard InChI is InChI=1S/C15H14N2O/c1-10(18)11-4-2-3-5-12(11)13-6-8-16-15-14(13)7-9-17-15/h2-10,18H,1H3,(H,16,17)/t10-/m0/s1. The van der Waals surface area contributed by atoms with E-state index in [1.807, 2.05) is 42.6 Å². The fourth-order valence-corrected chi connectivity index (χ4v) is 2.30. The molecule has 2 N–H and O–H groups in total. The lowest BCUT2D eigenvalue weighted by Gasteiger charge is -2.12. The fraction of sp³-hybridized carbons (Fsp3) is 0.133. The zero-order valence-electron chi connectivity index (χ0n) is 10.1. The zero-order chi connectivity index (χ0) is 12.5. The van der Waals surface area contributed by atoms with Gasteiger partial charge in [0.2, 0.25) is 0 Å². The molecular weight excluding hydrogens is 224 g/mol. The maximum Gasteiger partial charge on any atom is 0.137 e. The molecule has 0 aliphatic carbocycles. The second kappa shape index (κ2) is 4.27. The molecule has 3 nitrogen and oxygen atoms in total. The van der Waals surface area contributed by atoms with E-state index in [0.717, 1.165) is 27.7 Å². The van der Waals surface area contributed by atoms with Crippen molar-refractivity contribution in [3.8, 4) is 11.1 Å². The van der Waals surface area contributed by atoms with E-state index in [1.54, 1.807) is 13.1 Å². The second-order valence-corrected chi connectivity index (χ2v) is 4.36. The first-order chi connectivity index (χ1) is 8.77. The summed E-state index contributed by atoms with van der Waals surface area (Å²) >= 11 is 0. The van der Waals surface area contributed by atoms with E-state index in [9.17, 15) is 5.11 Å². The Labute approximate surface area is 105 Å². The molecule has 3 rings (SSSR count). The van der Waals surface area contributed by atoms with Gasteiger partial charge in [0, 0.05) is 17.8 Å². The van der Waals surface area contributed by atoms with Crippen LogP contribution in [-0.2, 0) is 0 Å². The molecule has 0 amide bonds. The average molecular weight is 238 g/mol. The van der Waals surface area contributed by atoms with Crippen LogP contribution in [0.5, 0.6) is 0 Å². The number of hydrogen-bond acceptors (Lipinski definition) is 2. The van der Waals surface area contributed by atoms with Crippen molar-refractivity contribution in [3.63, 3.8) is 0 Å². The van der Waals surface area contributed by atoms with Crippen LogP contribution >= 0.6 is 0 Å². The molecule has 0 spiro atoms. The van der Waals surface area contributed by atoms with E-state index in [0.29, 0.717) is 0 Å². The minimum atomic E-state index is -0.483. The number of nitrogens with zero attached hydrogens (tertiary/aromatic N) is 1. The van der Waals surface area contributed by atoms with Gasteiger partial charge in [0.25, 0.3) is 0 Å². The quantitative estimate of drug-likeness (QED) is 0.719. The third kappa shape index (κ3) is 1.69. The lowest BCUT2D eigenvalue weighted by atomic mass is 9.96. The molecule has 0 saturated heterocycles. The summed E-state index contributed by atoms with van der Waals surface area (Å²) in [5, 5.41) is 10.9. The van der Waals surface area contributed by atoms with Crippen molar-refractivity contribution in [3.05, 3.63) is 54.4 Å². The van der Waals surface area contributed by atoms with Crippen LogP contribution in [0.15, 0.2) is 48.8 Å². The Morgan fingerprint density at radius 1 is 1.11 bits per heavy atom. The first-order valence-electron chi connectivity index (χ1n) is 5.97. The molecule has 18 heavy (non-hydrogen) atoms. The Hall–Kier alpha value is -2.13. The van der Waals surface area contributed by atoms with Crippen molar-refractivity contribution in [1.29, 1.82) is 0 Å². The Balaban J connectivity index is 2.29. The van der Waals surface area contributed by atoms with E-state index in [1.165, 1.54) is 0 Å². The molecule has 2 aromatic heterocycles. The van der Waals surface area contributed by atoms with E-state index in [4.69, 9.17) is 0 Å². The number of rotatable bonds is 2. The first-order valence-corrected chi connectivity index (χ1v) is 5.97. The zero-order valence-corrected chi connectivity index (χ0v) is 10.1. The van der Waals surface area contributed by atoms with Crippen molar-refractivity contribution in [1.82, 2.24) is 9.97 Å². The fourth-order valence-electron chi connectivity index (χ4n) is 2.30. The summed E-state index contributed by atoms with van der Waals surface area (Å²) in [7, 11) is 0. The van der Waals surface area contributed by atoms with Crippen molar-refractivity contribution in [2.45, 2.75) is 13.0 Å². The van der Waals surface area contributed by atoms with Crippen molar-refractivity contribution in [2.75, 3.05) is 0 Å². The third-order valence-electron chi connectivity index (χ3n) is 3.16. The Bertz CT molecular complexity index is 686. The van der Waals surface area contributed by atoms with Crippen LogP contribution in [0.1, 0.15) is 18.6 Å². The van der Waals surface area contributed by atoms with Gasteiger partial charge in [-0.25, -0.2) is 4.98 Å². The number of pyridine rings is 1. The highest BCUT2D eigenvalue weighted by Crippen LogP contribution is 2.32. The largest absolute Gasteiger partial charge is 0.389 e. The lowest BCUT2D eigenvalue weighted by Crippen LogP contribution is -1.95. The topological polar surface area (TPSA) is 48.9 Å². The molecule has 0 bridgehead atoms. The molecule has 0 fully saturated rings. The number of aliphatic hydroxyl groups excluding tert-OH is 1. The molecule has 0 radical (unpaired) electrons. The predicted octanol–water partition coefficient (Wildman–Crippen LogP) is 3.28. The van der Waals surface area contributed by atoms with Crippen LogP contribution in [0.25, 0.3) is 22.2 Å². The van der Waals surface area contributed by atoms with Gasteiger partial charge in [0.1, 0.15) is 5.65 Å². The van der Waals surface area contributed by atoms with Gasteiger partial charge in [-0.2, -0.15) is 0 Å². The van der Waals surface area contributed by atoms with Crippen molar-refractivity contribution >= 4 is 11.0 Å². The molecule has 0 aliphatic heterocycles. The Morgan fingerprint density at radius 2 is 1.94 bits per heavy atom. The lowest BCUT2D eigenvalue weighted by molar-refractivity contribution is 0.200. The second-order valence-electron chi connectivity index (χ2n) is 4.36. The first kappa shape index (κ1) is 11.0. The minimum Gasteiger partial charge on any atom is -0.389 e. The summed E-state index contributed by atoms with van der Waals surface area (Å²) < 4.78 is 0. The number of aliphatic hydroxyl groups is 1. The summed E-state index contributed by atoms with van der Waals surface area (Å²) in [6, 6.07) is 11.9. The van der Waals surface area contributed by atoms with Crippen LogP contribution in [0.3, 0.4) is 0 Å². The number of H-pyrrole nitrogens is 1. The van der Waals surface area contributed by atoms with Crippen molar-refractivity contribution in [2.24, 2.45) is 0 Å². The number of benzene rings is 1. The highest BCUT2D eigenvalue weighted by Gasteiger charge is 2.11. The summed E-state index contributed by atoms with van der Waals surface area (Å²) in [6.45, 7) is 1.79. The predicted molar refractivity (Wildman–Crippen MR) is 72.2 cm³/mol. The molecule has 2 heterocycles. The van der Waals surface area contributed by atoms with Gasteiger partial charge in [-0.05, 0) is 35.7 Å². The van der Waals surface area contributed by atoms with Crippen molar-refractivity contribution < 1.29 is 5.11 Å². The minimum absolute atomic E-state index is 0.483. The van der Waals surface area contributed by atoms with E-state index in [-0.39, 0.29) is 0 Å². The van der Waals surface area contributed by atoms with Crippen LogP contribution < -0.4 is 0 Å². The van der Waals surface area contributed by atoms with Gasteiger partial charge in [-0.15, -0.1) is 0 Å². The molecule has 3 heteroatoms. The third-order valence-corrected chi connectivity index (χ3v) is 3.16. The van der Waals surface area contributed by atoms with Crippen LogP contribution in [-0.4, -0.2) is 15.1 Å². The molecule has 1 aromatic carbocycles. The van der Waals surface area contributed by atoms with E-state index in [2.05, 4.69) is 9.97 Å². The van der Waals surface area contributed by atoms with E-state index >= 15 is 0 Å². The normalized spacial score (nSPS) is 12.8. The Morgan fingerprint density at radius 3 is 2.78 bits per heavy atom. The van der Waals surface area contributed by atoms with Gasteiger partial charge in [-0.3, -0.25) is 0 Å². The number of aromatic nitrogens is 2. The van der Waals surface area contributed by atoms with E-state index < -0.39 is 6.10 Å². The summed E-state index contributed by atoms with van der Waals surface area (Å²) in [6.07, 6.45) is 3.18. The number of nitrogens with one attached hydrogen (secondary N) is 1. The number of fused-ring (bicyclic) bond motifs is 1. The average Bonchev–Trinajstić information content (AvgIpc) is 2.86. The molecule has 90 valence electrons. The van der Waals surface area contributed by atoms with Crippen LogP contribution in [0.2, 0.25) is 0 Å². The Kier molecular flexibility index (Phi) is 2.61. The summed E-state index contributed by atoms with van der Waals surface area (Å²) in [4.78, 5) is 7.39. The van der Waals surface area contributed by atoms with Gasteiger partial charge in [0.15, 0.2) is 0 Å². The highest BCUT2D eigenvalue weighted by atomic mass is 16.3.